The monoisotopic (exact) mass is 323 g/mol. The van der Waals surface area contributed by atoms with E-state index in [9.17, 15) is 9.18 Å². The number of hydrogen-bond donors (Lipinski definition) is 1. The van der Waals surface area contributed by atoms with Gasteiger partial charge < -0.3 is 9.84 Å². The zero-order valence-corrected chi connectivity index (χ0v) is 13.3. The second-order valence-electron chi connectivity index (χ2n) is 4.80. The number of rotatable bonds is 7. The van der Waals surface area contributed by atoms with Crippen molar-refractivity contribution in [3.8, 4) is 11.4 Å². The van der Waals surface area contributed by atoms with Crippen LogP contribution in [-0.2, 0) is 4.79 Å². The highest BCUT2D eigenvalue weighted by atomic mass is 32.2. The Balaban J connectivity index is 1.95. The van der Waals surface area contributed by atoms with Gasteiger partial charge in [0.1, 0.15) is 11.9 Å². The van der Waals surface area contributed by atoms with E-state index >= 15 is 0 Å². The fraction of sp³-hybridized carbons (Fsp3) is 0.400. The molecule has 0 aliphatic carbocycles. The Morgan fingerprint density at radius 2 is 2.14 bits per heavy atom. The van der Waals surface area contributed by atoms with Crippen LogP contribution in [-0.4, -0.2) is 27.6 Å². The molecule has 0 aliphatic heterocycles. The van der Waals surface area contributed by atoms with Gasteiger partial charge in [-0.25, -0.2) is 4.39 Å². The van der Waals surface area contributed by atoms with Crippen molar-refractivity contribution in [2.75, 3.05) is 11.5 Å². The van der Waals surface area contributed by atoms with E-state index in [0.717, 1.165) is 12.2 Å². The predicted molar refractivity (Wildman–Crippen MR) is 83.9 cm³/mol. The van der Waals surface area contributed by atoms with Gasteiger partial charge in [0.2, 0.25) is 17.6 Å². The minimum atomic E-state index is -0.364. The van der Waals surface area contributed by atoms with Crippen LogP contribution in [0.15, 0.2) is 28.8 Å². The number of halogens is 1. The number of amides is 1. The Morgan fingerprint density at radius 1 is 1.41 bits per heavy atom. The summed E-state index contributed by atoms with van der Waals surface area (Å²) in [6.45, 7) is 3.85. The minimum absolute atomic E-state index is 0.0625. The van der Waals surface area contributed by atoms with E-state index in [1.165, 1.54) is 12.1 Å². The van der Waals surface area contributed by atoms with Crippen molar-refractivity contribution < 1.29 is 13.7 Å². The first-order valence-electron chi connectivity index (χ1n) is 7.06. The summed E-state index contributed by atoms with van der Waals surface area (Å²) < 4.78 is 18.1. The number of carbonyl (C=O) groups is 1. The lowest BCUT2D eigenvalue weighted by atomic mass is 10.2. The van der Waals surface area contributed by atoms with Crippen LogP contribution in [0.3, 0.4) is 0 Å². The summed E-state index contributed by atoms with van der Waals surface area (Å²) in [6.07, 6.45) is 1.04. The van der Waals surface area contributed by atoms with Gasteiger partial charge in [-0.05, 0) is 43.4 Å². The van der Waals surface area contributed by atoms with Crippen molar-refractivity contribution in [3.05, 3.63) is 36.0 Å². The predicted octanol–water partition coefficient (Wildman–Crippen LogP) is 3.20. The van der Waals surface area contributed by atoms with E-state index < -0.39 is 0 Å². The van der Waals surface area contributed by atoms with Crippen molar-refractivity contribution in [3.63, 3.8) is 0 Å². The molecule has 2 aromatic rings. The molecule has 1 heterocycles. The van der Waals surface area contributed by atoms with Gasteiger partial charge in [0.05, 0.1) is 5.75 Å². The molecule has 5 nitrogen and oxygen atoms in total. The largest absolute Gasteiger partial charge is 0.344 e. The van der Waals surface area contributed by atoms with E-state index in [1.54, 1.807) is 30.8 Å². The van der Waals surface area contributed by atoms with Crippen LogP contribution in [0.1, 0.15) is 32.2 Å². The molecule has 0 fully saturated rings. The molecule has 0 spiro atoms. The summed E-state index contributed by atoms with van der Waals surface area (Å²) in [7, 11) is 0. The summed E-state index contributed by atoms with van der Waals surface area (Å²) >= 11 is 1.59. The Morgan fingerprint density at radius 3 is 2.82 bits per heavy atom. The molecular formula is C15H18FN3O2S. The maximum absolute atomic E-state index is 12.9. The van der Waals surface area contributed by atoms with Gasteiger partial charge >= 0.3 is 0 Å². The number of hydrogen-bond acceptors (Lipinski definition) is 5. The molecule has 1 amide bonds. The van der Waals surface area contributed by atoms with E-state index in [1.807, 2.05) is 0 Å². The molecule has 2 rings (SSSR count). The first kappa shape index (κ1) is 16.5. The van der Waals surface area contributed by atoms with Gasteiger partial charge in [-0.2, -0.15) is 16.7 Å². The zero-order valence-electron chi connectivity index (χ0n) is 12.5. The summed E-state index contributed by atoms with van der Waals surface area (Å²) in [6, 6.07) is 5.46. The Kier molecular flexibility index (Phi) is 5.94. The summed E-state index contributed by atoms with van der Waals surface area (Å²) in [4.78, 5) is 16.0. The lowest BCUT2D eigenvalue weighted by Gasteiger charge is -2.09. The number of carbonyl (C=O) groups excluding carboxylic acids is 1. The molecule has 1 atom stereocenters. The molecule has 0 radical (unpaired) electrons. The molecule has 1 aromatic heterocycles. The summed E-state index contributed by atoms with van der Waals surface area (Å²) in [5.41, 5.74) is 0.661. The van der Waals surface area contributed by atoms with Gasteiger partial charge in [0.15, 0.2) is 0 Å². The molecule has 0 saturated heterocycles. The van der Waals surface area contributed by atoms with E-state index in [2.05, 4.69) is 22.4 Å². The van der Waals surface area contributed by atoms with Crippen LogP contribution in [0.2, 0.25) is 0 Å². The fourth-order valence-electron chi connectivity index (χ4n) is 1.78. The SMILES string of the molecule is CCCSCC(=O)N[C@@H](C)c1nc(-c2ccc(F)cc2)no1. The average molecular weight is 323 g/mol. The smallest absolute Gasteiger partial charge is 0.249 e. The number of aromatic nitrogens is 2. The van der Waals surface area contributed by atoms with Gasteiger partial charge in [0, 0.05) is 5.56 Å². The minimum Gasteiger partial charge on any atom is -0.344 e. The van der Waals surface area contributed by atoms with Crippen LogP contribution in [0.5, 0.6) is 0 Å². The maximum atomic E-state index is 12.9. The third-order valence-electron chi connectivity index (χ3n) is 2.87. The number of nitrogens with one attached hydrogen (secondary N) is 1. The van der Waals surface area contributed by atoms with Crippen molar-refractivity contribution in [1.82, 2.24) is 15.5 Å². The van der Waals surface area contributed by atoms with Crippen LogP contribution in [0.4, 0.5) is 4.39 Å². The second kappa shape index (κ2) is 7.93. The van der Waals surface area contributed by atoms with Crippen molar-refractivity contribution >= 4 is 17.7 Å². The molecule has 0 saturated carbocycles. The zero-order chi connectivity index (χ0) is 15.9. The highest BCUT2D eigenvalue weighted by molar-refractivity contribution is 7.99. The molecule has 22 heavy (non-hydrogen) atoms. The van der Waals surface area contributed by atoms with E-state index in [4.69, 9.17) is 4.52 Å². The topological polar surface area (TPSA) is 68.0 Å². The highest BCUT2D eigenvalue weighted by Gasteiger charge is 2.17. The standard InChI is InChI=1S/C15H18FN3O2S/c1-3-8-22-9-13(20)17-10(2)15-18-14(19-21-15)11-4-6-12(16)7-5-11/h4-7,10H,3,8-9H2,1-2H3,(H,17,20)/t10-/m0/s1. The quantitative estimate of drug-likeness (QED) is 0.793. The van der Waals surface area contributed by atoms with Gasteiger partial charge in [-0.15, -0.1) is 0 Å². The van der Waals surface area contributed by atoms with Gasteiger partial charge in [0.25, 0.3) is 0 Å². The third-order valence-corrected chi connectivity index (χ3v) is 4.04. The van der Waals surface area contributed by atoms with Crippen LogP contribution in [0.25, 0.3) is 11.4 Å². The van der Waals surface area contributed by atoms with Crippen molar-refractivity contribution in [2.24, 2.45) is 0 Å². The van der Waals surface area contributed by atoms with Crippen molar-refractivity contribution in [2.45, 2.75) is 26.3 Å². The molecule has 1 N–H and O–H groups in total. The van der Waals surface area contributed by atoms with E-state index in [-0.39, 0.29) is 17.8 Å². The first-order chi connectivity index (χ1) is 10.6. The third kappa shape index (κ3) is 4.56. The lowest BCUT2D eigenvalue weighted by molar-refractivity contribution is -0.119. The number of nitrogens with zero attached hydrogens (tertiary/aromatic N) is 2. The molecular weight excluding hydrogens is 305 g/mol. The Labute approximate surface area is 132 Å². The first-order valence-corrected chi connectivity index (χ1v) is 8.22. The number of benzene rings is 1. The Bertz CT molecular complexity index is 616. The highest BCUT2D eigenvalue weighted by Crippen LogP contribution is 2.19. The molecule has 0 unspecified atom stereocenters. The summed E-state index contributed by atoms with van der Waals surface area (Å²) in [5, 5.41) is 6.67. The molecule has 1 aromatic carbocycles. The lowest BCUT2D eigenvalue weighted by Crippen LogP contribution is -2.28. The molecule has 7 heteroatoms. The molecule has 0 bridgehead atoms. The molecule has 118 valence electrons. The van der Waals surface area contributed by atoms with Gasteiger partial charge in [-0.1, -0.05) is 12.1 Å². The molecule has 0 aliphatic rings. The Hall–Kier alpha value is -1.89. The normalized spacial score (nSPS) is 12.1. The van der Waals surface area contributed by atoms with Gasteiger partial charge in [-0.3, -0.25) is 4.79 Å². The number of thioether (sulfide) groups is 1. The average Bonchev–Trinajstić information content (AvgIpc) is 2.98. The van der Waals surface area contributed by atoms with Crippen molar-refractivity contribution in [1.29, 1.82) is 0 Å². The fourth-order valence-corrected chi connectivity index (χ4v) is 2.48. The van der Waals surface area contributed by atoms with Crippen LogP contribution < -0.4 is 5.32 Å². The summed E-state index contributed by atoms with van der Waals surface area (Å²) in [5.74, 6) is 1.68. The van der Waals surface area contributed by atoms with E-state index in [0.29, 0.717) is 23.0 Å². The maximum Gasteiger partial charge on any atom is 0.249 e. The van der Waals surface area contributed by atoms with Crippen LogP contribution >= 0.6 is 11.8 Å². The second-order valence-corrected chi connectivity index (χ2v) is 5.91. The van der Waals surface area contributed by atoms with Crippen LogP contribution in [0, 0.1) is 5.82 Å².